The zero-order valence-electron chi connectivity index (χ0n) is 10.4. The summed E-state index contributed by atoms with van der Waals surface area (Å²) in [6, 6.07) is 8.59. The molecule has 104 valence electrons. The first kappa shape index (κ1) is 14.1. The Balaban J connectivity index is 0.00000147. The van der Waals surface area contributed by atoms with Gasteiger partial charge in [0.25, 0.3) is 0 Å². The Bertz CT molecular complexity index is 650. The zero-order chi connectivity index (χ0) is 13.4. The monoisotopic (exact) mass is 292 g/mol. The van der Waals surface area contributed by atoms with Crippen molar-refractivity contribution in [3.63, 3.8) is 0 Å². The van der Waals surface area contributed by atoms with Crippen molar-refractivity contribution in [2.24, 2.45) is 0 Å². The largest absolute Gasteiger partial charge is 0.480 e. The number of carboxylic acids is 1. The van der Waals surface area contributed by atoms with Crippen LogP contribution in [0.25, 0.3) is 0 Å². The van der Waals surface area contributed by atoms with Gasteiger partial charge in [0.2, 0.25) is 5.95 Å². The normalized spacial score (nSPS) is 16.4. The van der Waals surface area contributed by atoms with E-state index in [9.17, 15) is 9.90 Å². The van der Waals surface area contributed by atoms with Crippen molar-refractivity contribution >= 4 is 35.8 Å². The maximum absolute atomic E-state index is 11.4. The minimum Gasteiger partial charge on any atom is -0.480 e. The van der Waals surface area contributed by atoms with Crippen LogP contribution in [0.5, 0.6) is 0 Å². The number of halogens is 1. The van der Waals surface area contributed by atoms with Crippen LogP contribution in [-0.2, 0) is 11.2 Å². The second-order valence-electron chi connectivity index (χ2n) is 4.33. The van der Waals surface area contributed by atoms with Gasteiger partial charge < -0.3 is 15.7 Å². The third-order valence-electron chi connectivity index (χ3n) is 3.17. The van der Waals surface area contributed by atoms with Gasteiger partial charge in [0.15, 0.2) is 0 Å². The molecule has 0 fully saturated rings. The smallest absolute Gasteiger partial charge is 0.327 e. The van der Waals surface area contributed by atoms with Crippen molar-refractivity contribution in [2.75, 3.05) is 10.6 Å². The number of benzene rings is 1. The fourth-order valence-electron chi connectivity index (χ4n) is 2.36. The summed E-state index contributed by atoms with van der Waals surface area (Å²) in [5.74, 6) is -0.246. The molecule has 1 unspecified atom stereocenters. The third-order valence-corrected chi connectivity index (χ3v) is 3.17. The molecule has 6 nitrogen and oxygen atoms in total. The van der Waals surface area contributed by atoms with Crippen molar-refractivity contribution in [1.82, 2.24) is 9.97 Å². The summed E-state index contributed by atoms with van der Waals surface area (Å²) in [4.78, 5) is 21.1. The molecule has 7 heteroatoms. The minimum absolute atomic E-state index is 0. The van der Waals surface area contributed by atoms with E-state index in [-0.39, 0.29) is 18.4 Å². The first-order valence-corrected chi connectivity index (χ1v) is 5.85. The van der Waals surface area contributed by atoms with Crippen molar-refractivity contribution in [1.29, 1.82) is 0 Å². The standard InChI is InChI=1S/C13H12N4O2.ClH/c14-13-15-6-5-11(16-13)17-9-4-2-1-3-8(9)7-10(17)12(18)19;/h1-6,10H,7H2,(H,18,19)(H2,14,15,16);1H. The molecule has 0 saturated heterocycles. The fourth-order valence-corrected chi connectivity index (χ4v) is 2.36. The molecule has 3 N–H and O–H groups in total. The Kier molecular flexibility index (Phi) is 3.76. The Hall–Kier alpha value is -2.34. The molecule has 1 aliphatic heterocycles. The van der Waals surface area contributed by atoms with Gasteiger partial charge in [-0.3, -0.25) is 0 Å². The summed E-state index contributed by atoms with van der Waals surface area (Å²) in [5.41, 5.74) is 7.42. The third kappa shape index (κ3) is 2.25. The van der Waals surface area contributed by atoms with Crippen molar-refractivity contribution in [3.05, 3.63) is 42.1 Å². The van der Waals surface area contributed by atoms with Gasteiger partial charge in [-0.2, -0.15) is 4.98 Å². The number of nitrogens with zero attached hydrogens (tertiary/aromatic N) is 3. The Morgan fingerprint density at radius 2 is 2.10 bits per heavy atom. The molecule has 1 aromatic carbocycles. The predicted octanol–water partition coefficient (Wildman–Crippen LogP) is 1.63. The van der Waals surface area contributed by atoms with Crippen LogP contribution < -0.4 is 10.6 Å². The first-order valence-electron chi connectivity index (χ1n) is 5.85. The van der Waals surface area contributed by atoms with Gasteiger partial charge in [-0.25, -0.2) is 9.78 Å². The molecular weight excluding hydrogens is 280 g/mol. The number of fused-ring (bicyclic) bond motifs is 1. The van der Waals surface area contributed by atoms with Crippen molar-refractivity contribution in [2.45, 2.75) is 12.5 Å². The Morgan fingerprint density at radius 3 is 2.80 bits per heavy atom. The number of carboxylic acid groups (broad SMARTS) is 1. The van der Waals surface area contributed by atoms with Crippen LogP contribution in [0, 0.1) is 0 Å². The highest BCUT2D eigenvalue weighted by atomic mass is 35.5. The van der Waals surface area contributed by atoms with Gasteiger partial charge >= 0.3 is 5.97 Å². The quantitative estimate of drug-likeness (QED) is 0.874. The summed E-state index contributed by atoms with van der Waals surface area (Å²) in [6.45, 7) is 0. The number of para-hydroxylation sites is 1. The van der Waals surface area contributed by atoms with E-state index in [1.54, 1.807) is 11.0 Å². The van der Waals surface area contributed by atoms with Crippen LogP contribution in [-0.4, -0.2) is 27.1 Å². The lowest BCUT2D eigenvalue weighted by molar-refractivity contribution is -0.138. The molecule has 0 radical (unpaired) electrons. The lowest BCUT2D eigenvalue weighted by Crippen LogP contribution is -2.35. The molecule has 1 aromatic heterocycles. The average Bonchev–Trinajstić information content (AvgIpc) is 2.78. The molecule has 1 aliphatic rings. The minimum atomic E-state index is -0.881. The molecule has 0 bridgehead atoms. The van der Waals surface area contributed by atoms with Crippen LogP contribution in [0.4, 0.5) is 17.5 Å². The maximum atomic E-state index is 11.4. The lowest BCUT2D eigenvalue weighted by Gasteiger charge is -2.23. The molecule has 2 aromatic rings. The van der Waals surface area contributed by atoms with E-state index >= 15 is 0 Å². The lowest BCUT2D eigenvalue weighted by atomic mass is 10.1. The maximum Gasteiger partial charge on any atom is 0.327 e. The summed E-state index contributed by atoms with van der Waals surface area (Å²) in [6.07, 6.45) is 1.98. The molecular formula is C13H13ClN4O2. The first-order chi connectivity index (χ1) is 9.16. The van der Waals surface area contributed by atoms with Gasteiger partial charge in [-0.15, -0.1) is 12.4 Å². The van der Waals surface area contributed by atoms with E-state index in [1.165, 1.54) is 6.20 Å². The summed E-state index contributed by atoms with van der Waals surface area (Å²) in [7, 11) is 0. The van der Waals surface area contributed by atoms with Gasteiger partial charge in [-0.1, -0.05) is 18.2 Å². The number of carbonyl (C=O) groups is 1. The van der Waals surface area contributed by atoms with E-state index < -0.39 is 12.0 Å². The van der Waals surface area contributed by atoms with Crippen LogP contribution >= 0.6 is 12.4 Å². The van der Waals surface area contributed by atoms with Gasteiger partial charge in [-0.05, 0) is 17.7 Å². The second-order valence-corrected chi connectivity index (χ2v) is 4.33. The van der Waals surface area contributed by atoms with Crippen molar-refractivity contribution < 1.29 is 9.90 Å². The number of anilines is 3. The van der Waals surface area contributed by atoms with Gasteiger partial charge in [0.05, 0.1) is 0 Å². The second kappa shape index (κ2) is 5.34. The van der Waals surface area contributed by atoms with Gasteiger partial charge in [0.1, 0.15) is 11.9 Å². The number of nitrogen functional groups attached to an aromatic ring is 1. The fraction of sp³-hybridized carbons (Fsp3) is 0.154. The number of aliphatic carboxylic acids is 1. The molecule has 0 spiro atoms. The zero-order valence-corrected chi connectivity index (χ0v) is 11.2. The average molecular weight is 293 g/mol. The molecule has 2 heterocycles. The van der Waals surface area contributed by atoms with E-state index in [1.807, 2.05) is 24.3 Å². The molecule has 1 atom stereocenters. The summed E-state index contributed by atoms with van der Waals surface area (Å²) >= 11 is 0. The topological polar surface area (TPSA) is 92.3 Å². The number of hydrogen-bond acceptors (Lipinski definition) is 5. The Morgan fingerprint density at radius 1 is 1.35 bits per heavy atom. The molecule has 3 rings (SSSR count). The number of hydrogen-bond donors (Lipinski definition) is 2. The van der Waals surface area contributed by atoms with E-state index in [2.05, 4.69) is 9.97 Å². The van der Waals surface area contributed by atoms with E-state index in [0.29, 0.717) is 12.2 Å². The van der Waals surface area contributed by atoms with Crippen LogP contribution in [0.2, 0.25) is 0 Å². The molecule has 0 saturated carbocycles. The highest BCUT2D eigenvalue weighted by Gasteiger charge is 2.35. The van der Waals surface area contributed by atoms with Crippen molar-refractivity contribution in [3.8, 4) is 0 Å². The highest BCUT2D eigenvalue weighted by Crippen LogP contribution is 2.37. The number of rotatable bonds is 2. The van der Waals surface area contributed by atoms with Crippen LogP contribution in [0.15, 0.2) is 36.5 Å². The van der Waals surface area contributed by atoms with E-state index in [0.717, 1.165) is 11.3 Å². The highest BCUT2D eigenvalue weighted by molar-refractivity contribution is 5.86. The molecule has 20 heavy (non-hydrogen) atoms. The molecule has 0 amide bonds. The summed E-state index contributed by atoms with van der Waals surface area (Å²) in [5, 5.41) is 9.37. The Labute approximate surface area is 121 Å². The molecule has 0 aliphatic carbocycles. The van der Waals surface area contributed by atoms with Crippen LogP contribution in [0.3, 0.4) is 0 Å². The van der Waals surface area contributed by atoms with Gasteiger partial charge in [0, 0.05) is 18.3 Å². The summed E-state index contributed by atoms with van der Waals surface area (Å²) < 4.78 is 0. The van der Waals surface area contributed by atoms with Crippen LogP contribution in [0.1, 0.15) is 5.56 Å². The number of nitrogens with two attached hydrogens (primary N) is 1. The van der Waals surface area contributed by atoms with E-state index in [4.69, 9.17) is 5.73 Å². The predicted molar refractivity (Wildman–Crippen MR) is 77.4 cm³/mol. The SMILES string of the molecule is Cl.Nc1nccc(N2c3ccccc3CC2C(=O)O)n1. The number of aromatic nitrogens is 2.